The van der Waals surface area contributed by atoms with Gasteiger partial charge in [-0.2, -0.15) is 0 Å². The second kappa shape index (κ2) is 9.00. The van der Waals surface area contributed by atoms with Crippen LogP contribution in [0.2, 0.25) is 0 Å². The molecule has 1 rings (SSSR count). The number of carboxylic acid groups (broad SMARTS) is 1. The van der Waals surface area contributed by atoms with Crippen molar-refractivity contribution in [3.63, 3.8) is 0 Å². The Hall–Kier alpha value is -1.13. The Kier molecular flexibility index (Phi) is 7.68. The molecule has 0 unspecified atom stereocenters. The fourth-order valence-corrected chi connectivity index (χ4v) is 3.43. The van der Waals surface area contributed by atoms with Crippen LogP contribution >= 0.6 is 11.3 Å². The third kappa shape index (κ3) is 6.44. The first-order valence-corrected chi connectivity index (χ1v) is 8.56. The quantitative estimate of drug-likeness (QED) is 0.683. The van der Waals surface area contributed by atoms with Crippen LogP contribution in [-0.2, 0) is 11.3 Å². The number of rotatable bonds is 9. The zero-order valence-electron chi connectivity index (χ0n) is 13.5. The van der Waals surface area contributed by atoms with E-state index in [1.165, 1.54) is 23.8 Å². The van der Waals surface area contributed by atoms with E-state index in [2.05, 4.69) is 38.7 Å². The lowest BCUT2D eigenvalue weighted by atomic mass is 10.1. The first-order valence-electron chi connectivity index (χ1n) is 7.68. The summed E-state index contributed by atoms with van der Waals surface area (Å²) in [6.45, 7) is 11.1. The Balaban J connectivity index is 2.76. The van der Waals surface area contributed by atoms with E-state index in [1.54, 1.807) is 17.4 Å². The van der Waals surface area contributed by atoms with Gasteiger partial charge >= 0.3 is 5.97 Å². The molecule has 0 atom stereocenters. The molecule has 0 aromatic carbocycles. The molecule has 4 heteroatoms. The van der Waals surface area contributed by atoms with Gasteiger partial charge in [0.05, 0.1) is 0 Å². The molecule has 0 fully saturated rings. The summed E-state index contributed by atoms with van der Waals surface area (Å²) in [4.78, 5) is 14.4. The molecule has 0 aliphatic heterocycles. The Morgan fingerprint density at radius 3 is 2.57 bits per heavy atom. The average Bonchev–Trinajstić information content (AvgIpc) is 2.84. The number of nitrogens with zero attached hydrogens (tertiary/aromatic N) is 1. The van der Waals surface area contributed by atoms with Crippen molar-refractivity contribution in [2.75, 3.05) is 6.54 Å². The van der Waals surface area contributed by atoms with Gasteiger partial charge in [-0.1, -0.05) is 27.7 Å². The van der Waals surface area contributed by atoms with Crippen LogP contribution in [0.1, 0.15) is 51.0 Å². The number of hydrogen-bond donors (Lipinski definition) is 1. The van der Waals surface area contributed by atoms with Crippen molar-refractivity contribution in [1.29, 1.82) is 0 Å². The van der Waals surface area contributed by atoms with E-state index in [9.17, 15) is 4.79 Å². The van der Waals surface area contributed by atoms with Gasteiger partial charge in [-0.05, 0) is 41.8 Å². The smallest absolute Gasteiger partial charge is 0.328 e. The minimum atomic E-state index is -0.902. The zero-order chi connectivity index (χ0) is 15.8. The molecule has 0 amide bonds. The molecule has 1 heterocycles. The normalized spacial score (nSPS) is 12.1. The van der Waals surface area contributed by atoms with Gasteiger partial charge in [-0.15, -0.1) is 11.3 Å². The third-order valence-electron chi connectivity index (χ3n) is 3.51. The summed E-state index contributed by atoms with van der Waals surface area (Å²) in [7, 11) is 0. The van der Waals surface area contributed by atoms with Crippen LogP contribution in [0, 0.1) is 5.92 Å². The van der Waals surface area contributed by atoms with E-state index in [0.717, 1.165) is 18.7 Å². The third-order valence-corrected chi connectivity index (χ3v) is 4.45. The van der Waals surface area contributed by atoms with Crippen LogP contribution in [0.15, 0.2) is 17.5 Å². The molecule has 1 aromatic rings. The van der Waals surface area contributed by atoms with E-state index in [4.69, 9.17) is 5.11 Å². The highest BCUT2D eigenvalue weighted by Gasteiger charge is 2.17. The number of carboxylic acids is 1. The lowest BCUT2D eigenvalue weighted by Gasteiger charge is -2.31. The summed E-state index contributed by atoms with van der Waals surface area (Å²) in [6, 6.07) is 2.72. The summed E-state index contributed by atoms with van der Waals surface area (Å²) in [5, 5.41) is 10.7. The topological polar surface area (TPSA) is 40.5 Å². The monoisotopic (exact) mass is 309 g/mol. The molecular formula is C17H27NO2S. The standard InChI is InChI=1S/C17H27NO2S/c1-5-15(6-2)18(10-13(3)4)11-16-9-14(12-21-16)7-8-17(19)20/h7-9,12-13,15H,5-6,10-11H2,1-4H3,(H,19,20). The highest BCUT2D eigenvalue weighted by Crippen LogP contribution is 2.21. The van der Waals surface area contributed by atoms with Crippen molar-refractivity contribution in [3.05, 3.63) is 28.0 Å². The van der Waals surface area contributed by atoms with Gasteiger partial charge in [-0.3, -0.25) is 4.90 Å². The van der Waals surface area contributed by atoms with Crippen molar-refractivity contribution < 1.29 is 9.90 Å². The highest BCUT2D eigenvalue weighted by atomic mass is 32.1. The van der Waals surface area contributed by atoms with Crippen LogP contribution in [0.25, 0.3) is 6.08 Å². The summed E-state index contributed by atoms with van der Waals surface area (Å²) in [5.74, 6) is -0.252. The molecule has 0 bridgehead atoms. The molecule has 1 aromatic heterocycles. The van der Waals surface area contributed by atoms with Crippen molar-refractivity contribution in [2.45, 2.75) is 53.1 Å². The first-order chi connectivity index (χ1) is 9.96. The summed E-state index contributed by atoms with van der Waals surface area (Å²) in [5.41, 5.74) is 0.978. The maximum Gasteiger partial charge on any atom is 0.328 e. The van der Waals surface area contributed by atoms with Crippen LogP contribution in [0.4, 0.5) is 0 Å². The SMILES string of the molecule is CCC(CC)N(Cc1cc(C=CC(=O)O)cs1)CC(C)C. The summed E-state index contributed by atoms with van der Waals surface area (Å²) >= 11 is 1.71. The molecule has 0 aliphatic rings. The second-order valence-corrected chi connectivity index (χ2v) is 6.81. The predicted octanol–water partition coefficient (Wildman–Crippen LogP) is 4.49. The number of hydrogen-bond acceptors (Lipinski definition) is 3. The summed E-state index contributed by atoms with van der Waals surface area (Å²) in [6.07, 6.45) is 5.19. The molecule has 0 aliphatic carbocycles. The maximum absolute atomic E-state index is 10.6. The van der Waals surface area contributed by atoms with Crippen molar-refractivity contribution >= 4 is 23.4 Å². The fourth-order valence-electron chi connectivity index (χ4n) is 2.55. The van der Waals surface area contributed by atoms with E-state index < -0.39 is 5.97 Å². The molecule has 3 nitrogen and oxygen atoms in total. The van der Waals surface area contributed by atoms with E-state index in [-0.39, 0.29) is 0 Å². The average molecular weight is 309 g/mol. The minimum absolute atomic E-state index is 0.618. The maximum atomic E-state index is 10.6. The summed E-state index contributed by atoms with van der Waals surface area (Å²) < 4.78 is 0. The molecular weight excluding hydrogens is 282 g/mol. The molecule has 1 N–H and O–H groups in total. The fraction of sp³-hybridized carbons (Fsp3) is 0.588. The molecule has 0 saturated heterocycles. The largest absolute Gasteiger partial charge is 0.478 e. The zero-order valence-corrected chi connectivity index (χ0v) is 14.3. The van der Waals surface area contributed by atoms with Gasteiger partial charge in [-0.25, -0.2) is 4.79 Å². The molecule has 0 spiro atoms. The number of thiophene rings is 1. The Morgan fingerprint density at radius 2 is 2.05 bits per heavy atom. The van der Waals surface area contributed by atoms with Crippen molar-refractivity contribution in [3.8, 4) is 0 Å². The number of aliphatic carboxylic acids is 1. The van der Waals surface area contributed by atoms with Crippen molar-refractivity contribution in [2.24, 2.45) is 5.92 Å². The molecule has 118 valence electrons. The van der Waals surface area contributed by atoms with E-state index in [1.807, 2.05) is 5.38 Å². The first kappa shape index (κ1) is 17.9. The van der Waals surface area contributed by atoms with Crippen molar-refractivity contribution in [1.82, 2.24) is 4.90 Å². The predicted molar refractivity (Wildman–Crippen MR) is 90.6 cm³/mol. The Bertz CT molecular complexity index is 461. The van der Waals surface area contributed by atoms with Crippen LogP contribution in [0.3, 0.4) is 0 Å². The van der Waals surface area contributed by atoms with Crippen LogP contribution < -0.4 is 0 Å². The molecule has 0 radical (unpaired) electrons. The van der Waals surface area contributed by atoms with Gasteiger partial charge in [0.1, 0.15) is 0 Å². The van der Waals surface area contributed by atoms with Crippen LogP contribution in [0.5, 0.6) is 0 Å². The van der Waals surface area contributed by atoms with Gasteiger partial charge < -0.3 is 5.11 Å². The molecule has 21 heavy (non-hydrogen) atoms. The highest BCUT2D eigenvalue weighted by molar-refractivity contribution is 7.10. The molecule has 0 saturated carbocycles. The lowest BCUT2D eigenvalue weighted by Crippen LogP contribution is -2.36. The Labute approximate surface area is 132 Å². The number of carbonyl (C=O) groups is 1. The van der Waals surface area contributed by atoms with Gasteiger partial charge in [0.15, 0.2) is 0 Å². The Morgan fingerprint density at radius 1 is 1.38 bits per heavy atom. The lowest BCUT2D eigenvalue weighted by molar-refractivity contribution is -0.131. The van der Waals surface area contributed by atoms with Crippen LogP contribution in [-0.4, -0.2) is 28.6 Å². The minimum Gasteiger partial charge on any atom is -0.478 e. The van der Waals surface area contributed by atoms with E-state index in [0.29, 0.717) is 12.0 Å². The second-order valence-electron chi connectivity index (χ2n) is 5.81. The van der Waals surface area contributed by atoms with Gasteiger partial charge in [0, 0.05) is 30.1 Å². The van der Waals surface area contributed by atoms with Gasteiger partial charge in [0.25, 0.3) is 0 Å². The van der Waals surface area contributed by atoms with E-state index >= 15 is 0 Å². The van der Waals surface area contributed by atoms with Gasteiger partial charge in [0.2, 0.25) is 0 Å².